The highest BCUT2D eigenvalue weighted by Crippen LogP contribution is 2.27. The summed E-state index contributed by atoms with van der Waals surface area (Å²) in [6, 6.07) is 0.280. The molecule has 0 radical (unpaired) electrons. The maximum atomic E-state index is 12.3. The number of likely N-dealkylation sites (tertiary alicyclic amines) is 1. The number of allylic oxidation sites excluding steroid dienone is 2. The molecule has 1 aliphatic heterocycles. The van der Waals surface area contributed by atoms with Crippen LogP contribution in [0.5, 0.6) is 0 Å². The van der Waals surface area contributed by atoms with Gasteiger partial charge in [0.25, 0.3) is 0 Å². The summed E-state index contributed by atoms with van der Waals surface area (Å²) in [6.45, 7) is 13.1. The zero-order valence-electron chi connectivity index (χ0n) is 15.5. The lowest BCUT2D eigenvalue weighted by atomic mass is 9.84. The predicted octanol–water partition coefficient (Wildman–Crippen LogP) is 3.97. The van der Waals surface area contributed by atoms with Crippen LogP contribution in [0.1, 0.15) is 60.3 Å². The normalized spacial score (nSPS) is 28.7. The molecule has 1 fully saturated rings. The van der Waals surface area contributed by atoms with Crippen molar-refractivity contribution in [1.82, 2.24) is 10.2 Å². The zero-order chi connectivity index (χ0) is 17.0. The molecule has 1 heterocycles. The maximum absolute atomic E-state index is 12.3. The molecule has 1 amide bonds. The lowest BCUT2D eigenvalue weighted by Gasteiger charge is -2.30. The Labute approximate surface area is 141 Å². The Kier molecular flexibility index (Phi) is 6.12. The van der Waals surface area contributed by atoms with Gasteiger partial charge in [-0.1, -0.05) is 18.6 Å². The minimum Gasteiger partial charge on any atom is -0.444 e. The van der Waals surface area contributed by atoms with E-state index in [1.165, 1.54) is 18.4 Å². The van der Waals surface area contributed by atoms with Crippen LogP contribution in [0.15, 0.2) is 11.6 Å². The average Bonchev–Trinajstić information content (AvgIpc) is 2.84. The molecule has 1 aliphatic carbocycles. The lowest BCUT2D eigenvalue weighted by Crippen LogP contribution is -2.44. The maximum Gasteiger partial charge on any atom is 0.410 e. The summed E-state index contributed by atoms with van der Waals surface area (Å²) >= 11 is 0. The van der Waals surface area contributed by atoms with Crippen LogP contribution in [-0.2, 0) is 4.74 Å². The second kappa shape index (κ2) is 7.69. The van der Waals surface area contributed by atoms with Crippen molar-refractivity contribution in [3.63, 3.8) is 0 Å². The van der Waals surface area contributed by atoms with Gasteiger partial charge in [-0.15, -0.1) is 0 Å². The third-order valence-electron chi connectivity index (χ3n) is 4.70. The Balaban J connectivity index is 1.76. The van der Waals surface area contributed by atoms with E-state index in [0.29, 0.717) is 5.92 Å². The van der Waals surface area contributed by atoms with Crippen LogP contribution in [-0.4, -0.2) is 42.3 Å². The molecule has 0 aromatic carbocycles. The van der Waals surface area contributed by atoms with E-state index < -0.39 is 5.60 Å². The molecule has 0 spiro atoms. The fourth-order valence-corrected chi connectivity index (χ4v) is 3.90. The Morgan fingerprint density at radius 1 is 1.39 bits per heavy atom. The molecule has 1 saturated heterocycles. The molecule has 0 saturated carbocycles. The summed E-state index contributed by atoms with van der Waals surface area (Å²) in [4.78, 5) is 14.2. The number of amides is 1. The lowest BCUT2D eigenvalue weighted by molar-refractivity contribution is 0.0226. The molecule has 4 heteroatoms. The second-order valence-corrected chi connectivity index (χ2v) is 8.42. The quantitative estimate of drug-likeness (QED) is 0.796. The van der Waals surface area contributed by atoms with Gasteiger partial charge in [-0.05, 0) is 71.8 Å². The topological polar surface area (TPSA) is 41.6 Å². The number of hydrogen-bond donors (Lipinski definition) is 1. The van der Waals surface area contributed by atoms with Crippen LogP contribution in [0, 0.1) is 11.8 Å². The summed E-state index contributed by atoms with van der Waals surface area (Å²) in [6.07, 6.45) is 6.87. The zero-order valence-corrected chi connectivity index (χ0v) is 15.5. The third-order valence-corrected chi connectivity index (χ3v) is 4.70. The number of rotatable bonds is 4. The molecule has 2 rings (SSSR count). The molecule has 132 valence electrons. The molecule has 3 atom stereocenters. The van der Waals surface area contributed by atoms with Crippen LogP contribution < -0.4 is 5.32 Å². The Morgan fingerprint density at radius 2 is 2.13 bits per heavy atom. The van der Waals surface area contributed by atoms with Crippen LogP contribution in [0.3, 0.4) is 0 Å². The Bertz CT molecular complexity index is 439. The molecule has 2 aliphatic rings. The van der Waals surface area contributed by atoms with E-state index in [9.17, 15) is 4.79 Å². The van der Waals surface area contributed by atoms with Crippen molar-refractivity contribution in [2.24, 2.45) is 11.8 Å². The largest absolute Gasteiger partial charge is 0.444 e. The van der Waals surface area contributed by atoms with Gasteiger partial charge in [0.05, 0.1) is 0 Å². The number of carbonyl (C=O) groups is 1. The first-order valence-corrected chi connectivity index (χ1v) is 9.12. The molecular formula is C19H34N2O2. The Hall–Kier alpha value is -1.03. The van der Waals surface area contributed by atoms with E-state index in [1.807, 2.05) is 25.7 Å². The summed E-state index contributed by atoms with van der Waals surface area (Å²) in [5.41, 5.74) is 1.10. The van der Waals surface area contributed by atoms with Gasteiger partial charge in [-0.25, -0.2) is 4.79 Å². The molecule has 3 unspecified atom stereocenters. The van der Waals surface area contributed by atoms with Crippen LogP contribution in [0.25, 0.3) is 0 Å². The fourth-order valence-electron chi connectivity index (χ4n) is 3.90. The smallest absolute Gasteiger partial charge is 0.410 e. The first-order chi connectivity index (χ1) is 10.7. The van der Waals surface area contributed by atoms with Gasteiger partial charge in [0.1, 0.15) is 5.60 Å². The van der Waals surface area contributed by atoms with Crippen molar-refractivity contribution in [2.75, 3.05) is 19.6 Å². The summed E-state index contributed by atoms with van der Waals surface area (Å²) in [7, 11) is 0. The molecule has 4 nitrogen and oxygen atoms in total. The van der Waals surface area contributed by atoms with Crippen LogP contribution >= 0.6 is 0 Å². The van der Waals surface area contributed by atoms with E-state index >= 15 is 0 Å². The van der Waals surface area contributed by atoms with Crippen molar-refractivity contribution in [3.05, 3.63) is 11.6 Å². The van der Waals surface area contributed by atoms with Crippen molar-refractivity contribution >= 4 is 6.09 Å². The highest BCUT2D eigenvalue weighted by Gasteiger charge is 2.32. The third kappa shape index (κ3) is 5.83. The second-order valence-electron chi connectivity index (χ2n) is 8.42. The van der Waals surface area contributed by atoms with Gasteiger partial charge in [0.2, 0.25) is 0 Å². The van der Waals surface area contributed by atoms with Crippen molar-refractivity contribution in [2.45, 2.75) is 71.9 Å². The van der Waals surface area contributed by atoms with E-state index in [1.54, 1.807) is 0 Å². The van der Waals surface area contributed by atoms with E-state index in [0.717, 1.165) is 38.4 Å². The van der Waals surface area contributed by atoms with E-state index in [2.05, 4.69) is 25.2 Å². The number of hydrogen-bond acceptors (Lipinski definition) is 3. The molecular weight excluding hydrogens is 288 g/mol. The first kappa shape index (κ1) is 18.3. The monoisotopic (exact) mass is 322 g/mol. The van der Waals surface area contributed by atoms with Gasteiger partial charge in [-0.2, -0.15) is 0 Å². The van der Waals surface area contributed by atoms with Gasteiger partial charge in [0.15, 0.2) is 0 Å². The SMILES string of the molecule is CC1=CC(C)CC(CNCC2CCCN2C(=O)OC(C)(C)C)C1. The Morgan fingerprint density at radius 3 is 2.78 bits per heavy atom. The highest BCUT2D eigenvalue weighted by atomic mass is 16.6. The predicted molar refractivity (Wildman–Crippen MR) is 94.5 cm³/mol. The van der Waals surface area contributed by atoms with Gasteiger partial charge in [0, 0.05) is 19.1 Å². The van der Waals surface area contributed by atoms with Gasteiger partial charge >= 0.3 is 6.09 Å². The molecule has 0 aromatic rings. The van der Waals surface area contributed by atoms with Crippen molar-refractivity contribution in [1.29, 1.82) is 0 Å². The van der Waals surface area contributed by atoms with Gasteiger partial charge in [-0.3, -0.25) is 0 Å². The molecule has 23 heavy (non-hydrogen) atoms. The number of ether oxygens (including phenoxy) is 1. The molecule has 0 bridgehead atoms. The number of nitrogens with zero attached hydrogens (tertiary/aromatic N) is 1. The standard InChI is InChI=1S/C19H34N2O2/c1-14-9-15(2)11-16(10-14)12-20-13-17-7-6-8-21(17)18(22)23-19(3,4)5/h9,14,16-17,20H,6-8,10-13H2,1-5H3. The van der Waals surface area contributed by atoms with Crippen molar-refractivity contribution in [3.8, 4) is 0 Å². The van der Waals surface area contributed by atoms with E-state index in [-0.39, 0.29) is 12.1 Å². The first-order valence-electron chi connectivity index (χ1n) is 9.12. The highest BCUT2D eigenvalue weighted by molar-refractivity contribution is 5.69. The van der Waals surface area contributed by atoms with Crippen molar-refractivity contribution < 1.29 is 9.53 Å². The fraction of sp³-hybridized carbons (Fsp3) is 0.842. The number of nitrogens with one attached hydrogen (secondary N) is 1. The minimum atomic E-state index is -0.417. The molecule has 1 N–H and O–H groups in total. The van der Waals surface area contributed by atoms with Gasteiger partial charge < -0.3 is 15.0 Å². The number of carbonyl (C=O) groups excluding carboxylic acids is 1. The van der Waals surface area contributed by atoms with Crippen LogP contribution in [0.2, 0.25) is 0 Å². The summed E-state index contributed by atoms with van der Waals surface area (Å²) < 4.78 is 5.53. The summed E-state index contributed by atoms with van der Waals surface area (Å²) in [5.74, 6) is 1.42. The average molecular weight is 322 g/mol. The van der Waals surface area contributed by atoms with Crippen LogP contribution in [0.4, 0.5) is 4.79 Å². The minimum absolute atomic E-state index is 0.160. The molecule has 0 aromatic heterocycles. The van der Waals surface area contributed by atoms with E-state index in [4.69, 9.17) is 4.74 Å². The summed E-state index contributed by atoms with van der Waals surface area (Å²) in [5, 5.41) is 3.61.